The van der Waals surface area contributed by atoms with Crippen LogP contribution in [0.15, 0.2) is 34.9 Å². The summed E-state index contributed by atoms with van der Waals surface area (Å²) in [6.07, 6.45) is 3.85. The van der Waals surface area contributed by atoms with Crippen LogP contribution in [0, 0.1) is 0 Å². The molecule has 0 unspecified atom stereocenters. The number of nitrogens with zero attached hydrogens (tertiary/aromatic N) is 5. The Morgan fingerprint density at radius 2 is 2.00 bits per heavy atom. The van der Waals surface area contributed by atoms with Crippen LogP contribution in [0.5, 0.6) is 0 Å². The Labute approximate surface area is 161 Å². The molecule has 1 aromatic carbocycles. The van der Waals surface area contributed by atoms with E-state index in [1.807, 2.05) is 39.9 Å². The minimum absolute atomic E-state index is 0.0367. The summed E-state index contributed by atoms with van der Waals surface area (Å²) in [5.41, 5.74) is 1.63. The number of piperidine rings is 1. The van der Waals surface area contributed by atoms with E-state index in [1.165, 1.54) is 0 Å². The molecule has 0 saturated carbocycles. The highest BCUT2D eigenvalue weighted by molar-refractivity contribution is 5.90. The number of carbonyl (C=O) groups excluding carboxylic acids is 1. The third-order valence-electron chi connectivity index (χ3n) is 5.87. The predicted octanol–water partition coefficient (Wildman–Crippen LogP) is 2.58. The van der Waals surface area contributed by atoms with Crippen molar-refractivity contribution in [1.29, 1.82) is 0 Å². The molecule has 28 heavy (non-hydrogen) atoms. The van der Waals surface area contributed by atoms with Gasteiger partial charge < -0.3 is 18.8 Å². The van der Waals surface area contributed by atoms with E-state index in [1.54, 1.807) is 0 Å². The molecule has 1 amide bonds. The van der Waals surface area contributed by atoms with Crippen molar-refractivity contribution in [2.45, 2.75) is 25.4 Å². The van der Waals surface area contributed by atoms with E-state index in [4.69, 9.17) is 4.42 Å². The van der Waals surface area contributed by atoms with Crippen LogP contribution in [-0.2, 0) is 6.54 Å². The summed E-state index contributed by atoms with van der Waals surface area (Å²) in [6, 6.07) is 7.91. The summed E-state index contributed by atoms with van der Waals surface area (Å²) in [4.78, 5) is 17.2. The van der Waals surface area contributed by atoms with Crippen LogP contribution < -0.4 is 0 Å². The number of halogens is 1. The Morgan fingerprint density at radius 1 is 1.14 bits per heavy atom. The van der Waals surface area contributed by atoms with Gasteiger partial charge in [-0.2, -0.15) is 0 Å². The molecule has 146 valence electrons. The Morgan fingerprint density at radius 3 is 2.82 bits per heavy atom. The van der Waals surface area contributed by atoms with Crippen molar-refractivity contribution in [3.05, 3.63) is 36.4 Å². The summed E-state index contributed by atoms with van der Waals surface area (Å²) in [5, 5.41) is 9.13. The SMILES string of the molecule is O=C(c1nnc(-c2ccc3ccn(CC[18F])c3c2)o1)N1CCN2CCC1CC2. The van der Waals surface area contributed by atoms with Crippen molar-refractivity contribution in [3.8, 4) is 11.5 Å². The molecule has 3 saturated heterocycles. The maximum Gasteiger partial charge on any atom is 0.311 e. The summed E-state index contributed by atoms with van der Waals surface area (Å²) in [5.74, 6) is 0.157. The molecule has 3 aliphatic rings. The van der Waals surface area contributed by atoms with Crippen molar-refractivity contribution in [3.63, 3.8) is 0 Å². The van der Waals surface area contributed by atoms with Gasteiger partial charge in [0, 0.05) is 49.5 Å². The Kier molecular flexibility index (Phi) is 4.35. The van der Waals surface area contributed by atoms with Gasteiger partial charge >= 0.3 is 11.8 Å². The lowest BCUT2D eigenvalue weighted by Gasteiger charge is -2.30. The highest BCUT2D eigenvalue weighted by Gasteiger charge is 2.34. The topological polar surface area (TPSA) is 67.4 Å². The number of aryl methyl sites for hydroxylation is 1. The van der Waals surface area contributed by atoms with Crippen molar-refractivity contribution in [2.24, 2.45) is 0 Å². The fraction of sp³-hybridized carbons (Fsp3) is 0.450. The molecular weight excluding hydrogens is 360 g/mol. The molecule has 3 aromatic rings. The van der Waals surface area contributed by atoms with E-state index < -0.39 is 6.67 Å². The number of rotatable bonds is 4. The largest absolute Gasteiger partial charge is 0.412 e. The first-order valence-electron chi connectivity index (χ1n) is 9.75. The van der Waals surface area contributed by atoms with Gasteiger partial charge in [-0.15, -0.1) is 10.2 Å². The predicted molar refractivity (Wildman–Crippen MR) is 102 cm³/mol. The molecule has 5 heterocycles. The van der Waals surface area contributed by atoms with Crippen LogP contribution >= 0.6 is 0 Å². The molecule has 6 rings (SSSR count). The van der Waals surface area contributed by atoms with E-state index in [0.717, 1.165) is 48.9 Å². The van der Waals surface area contributed by atoms with E-state index in [0.29, 0.717) is 19.0 Å². The van der Waals surface area contributed by atoms with Crippen LogP contribution in [0.1, 0.15) is 23.5 Å². The second-order valence-electron chi connectivity index (χ2n) is 7.46. The third-order valence-corrected chi connectivity index (χ3v) is 5.87. The van der Waals surface area contributed by atoms with Gasteiger partial charge in [0.1, 0.15) is 6.67 Å². The molecule has 0 radical (unpaired) electrons. The van der Waals surface area contributed by atoms with Gasteiger partial charge in [-0.1, -0.05) is 6.07 Å². The molecule has 0 atom stereocenters. The zero-order chi connectivity index (χ0) is 19.1. The van der Waals surface area contributed by atoms with E-state index in [2.05, 4.69) is 15.1 Å². The van der Waals surface area contributed by atoms with Crippen LogP contribution in [0.25, 0.3) is 22.4 Å². The smallest absolute Gasteiger partial charge is 0.311 e. The summed E-state index contributed by atoms with van der Waals surface area (Å²) in [6.45, 7) is 3.55. The molecule has 0 N–H and O–H groups in total. The van der Waals surface area contributed by atoms with Crippen molar-refractivity contribution in [2.75, 3.05) is 32.9 Å². The Bertz CT molecular complexity index is 1010. The molecule has 0 aliphatic carbocycles. The highest BCUT2D eigenvalue weighted by Crippen LogP contribution is 2.26. The molecule has 3 fully saturated rings. The molecule has 2 aromatic heterocycles. The number of fused-ring (bicyclic) bond motifs is 5. The summed E-state index contributed by atoms with van der Waals surface area (Å²) < 4.78 is 20.4. The first-order chi connectivity index (χ1) is 13.7. The molecule has 3 aliphatic heterocycles. The van der Waals surface area contributed by atoms with Gasteiger partial charge in [-0.3, -0.25) is 4.79 Å². The third kappa shape index (κ3) is 2.97. The van der Waals surface area contributed by atoms with Crippen LogP contribution in [0.2, 0.25) is 0 Å². The summed E-state index contributed by atoms with van der Waals surface area (Å²) >= 11 is 0. The first kappa shape index (κ1) is 17.4. The Balaban J connectivity index is 1.42. The average Bonchev–Trinajstić information content (AvgIpc) is 3.26. The number of carbonyl (C=O) groups is 1. The number of aromatic nitrogens is 3. The molecule has 8 heteroatoms. The van der Waals surface area contributed by atoms with Crippen molar-refractivity contribution in [1.82, 2.24) is 24.6 Å². The first-order valence-corrected chi connectivity index (χ1v) is 9.75. The van der Waals surface area contributed by atoms with Gasteiger partial charge in [0.2, 0.25) is 5.89 Å². The van der Waals surface area contributed by atoms with Crippen LogP contribution in [-0.4, -0.2) is 69.4 Å². The number of alkyl halides is 1. The van der Waals surface area contributed by atoms with Crippen molar-refractivity contribution < 1.29 is 13.6 Å². The Hall–Kier alpha value is -2.74. The lowest BCUT2D eigenvalue weighted by atomic mass is 10.1. The highest BCUT2D eigenvalue weighted by atomic mass is 18.2. The minimum atomic E-state index is -0.429. The number of benzene rings is 1. The van der Waals surface area contributed by atoms with Crippen molar-refractivity contribution >= 4 is 16.8 Å². The normalized spacial score (nSPS) is 22.0. The van der Waals surface area contributed by atoms with Crippen LogP contribution in [0.3, 0.4) is 0 Å². The zero-order valence-electron chi connectivity index (χ0n) is 15.6. The molecular formula is C20H22FN5O2. The minimum Gasteiger partial charge on any atom is -0.412 e. The zero-order valence-corrected chi connectivity index (χ0v) is 15.6. The quantitative estimate of drug-likeness (QED) is 0.694. The number of hydrogen-bond acceptors (Lipinski definition) is 5. The standard InChI is InChI=1S/C20H22FN5O2/c21-6-10-25-9-3-14-1-2-15(13-17(14)25)18-22-23-19(28-18)20(27)26-12-11-24-7-4-16(26)5-8-24/h1-3,9,13,16H,4-8,10-12H2/i21-1. The van der Waals surface area contributed by atoms with Gasteiger partial charge in [0.15, 0.2) is 0 Å². The maximum absolute atomic E-state index is 13.0. The van der Waals surface area contributed by atoms with Gasteiger partial charge in [-0.25, -0.2) is 4.39 Å². The fourth-order valence-electron chi connectivity index (χ4n) is 4.31. The molecule has 0 spiro atoms. The number of hydrogen-bond donors (Lipinski definition) is 0. The maximum atomic E-state index is 13.0. The summed E-state index contributed by atoms with van der Waals surface area (Å²) in [7, 11) is 0. The van der Waals surface area contributed by atoms with Gasteiger partial charge in [0.05, 0.1) is 6.54 Å². The second kappa shape index (κ2) is 7.01. The second-order valence-corrected chi connectivity index (χ2v) is 7.46. The van der Waals surface area contributed by atoms with E-state index in [9.17, 15) is 9.18 Å². The van der Waals surface area contributed by atoms with E-state index >= 15 is 0 Å². The lowest BCUT2D eigenvalue weighted by molar-refractivity contribution is 0.0645. The fourth-order valence-corrected chi connectivity index (χ4v) is 4.31. The van der Waals surface area contributed by atoms with Gasteiger partial charge in [-0.05, 0) is 36.4 Å². The monoisotopic (exact) mass is 382 g/mol. The lowest BCUT2D eigenvalue weighted by Crippen LogP contribution is -2.41. The van der Waals surface area contributed by atoms with E-state index in [-0.39, 0.29) is 17.8 Å². The van der Waals surface area contributed by atoms with Gasteiger partial charge in [0.25, 0.3) is 0 Å². The molecule has 7 nitrogen and oxygen atoms in total. The average molecular weight is 382 g/mol. The van der Waals surface area contributed by atoms with Crippen LogP contribution in [0.4, 0.5) is 4.39 Å². The number of amides is 1. The molecule has 2 bridgehead atoms.